The Morgan fingerprint density at radius 1 is 1.08 bits per heavy atom. The molecule has 38 heavy (non-hydrogen) atoms. The molecule has 5 nitrogen and oxygen atoms in total. The number of benzene rings is 1. The molecule has 0 aliphatic carbocycles. The van der Waals surface area contributed by atoms with E-state index in [0.29, 0.717) is 11.5 Å². The van der Waals surface area contributed by atoms with Gasteiger partial charge in [0, 0.05) is 28.8 Å². The van der Waals surface area contributed by atoms with E-state index in [1.54, 1.807) is 11.8 Å². The zero-order valence-electron chi connectivity index (χ0n) is 19.0. The minimum Gasteiger partial charge on any atom is -0.374 e. The second-order valence-corrected chi connectivity index (χ2v) is 10.3. The van der Waals surface area contributed by atoms with Crippen LogP contribution in [0.4, 0.5) is 39.5 Å². The molecule has 0 radical (unpaired) electrons. The number of halogens is 9. The number of carbonyl (C=O) groups excluding carboxylic acids is 1. The van der Waals surface area contributed by atoms with E-state index in [2.05, 4.69) is 15.0 Å². The van der Waals surface area contributed by atoms with Gasteiger partial charge in [0.2, 0.25) is 5.91 Å². The fourth-order valence-corrected chi connectivity index (χ4v) is 5.19. The summed E-state index contributed by atoms with van der Waals surface area (Å²) in [5.41, 5.74) is -9.56. The largest absolute Gasteiger partial charge is 0.435 e. The molecule has 5 rings (SSSR count). The summed E-state index contributed by atoms with van der Waals surface area (Å²) in [5, 5.41) is 3.35. The van der Waals surface area contributed by atoms with Crippen LogP contribution in [0.15, 0.2) is 35.6 Å². The number of hydrogen-bond acceptors (Lipinski definition) is 5. The van der Waals surface area contributed by atoms with Crippen LogP contribution < -0.4 is 0 Å². The number of oxime groups is 1. The Morgan fingerprint density at radius 3 is 2.29 bits per heavy atom. The van der Waals surface area contributed by atoms with Crippen molar-refractivity contribution in [3.8, 4) is 0 Å². The van der Waals surface area contributed by atoms with Gasteiger partial charge in [0.1, 0.15) is 0 Å². The summed E-state index contributed by atoms with van der Waals surface area (Å²) in [5.74, 6) is -3.43. The first-order chi connectivity index (χ1) is 17.6. The SMILES string of the molecule is O=C(C1CSC1)N1CC(F)(c2ccc(C3=NOC(c4cc(F)c(F)c(C(F)(F)F)c4)(C(F)(F)F)C3)cn2)C1. The summed E-state index contributed by atoms with van der Waals surface area (Å²) in [6.07, 6.45) is -11.0. The van der Waals surface area contributed by atoms with Crippen molar-refractivity contribution in [2.24, 2.45) is 11.1 Å². The molecule has 1 atom stereocenters. The van der Waals surface area contributed by atoms with Crippen molar-refractivity contribution >= 4 is 23.4 Å². The third-order valence-corrected chi connectivity index (χ3v) is 8.00. The zero-order valence-corrected chi connectivity index (χ0v) is 19.8. The van der Waals surface area contributed by atoms with E-state index >= 15 is 4.39 Å². The van der Waals surface area contributed by atoms with Crippen molar-refractivity contribution in [2.75, 3.05) is 24.6 Å². The summed E-state index contributed by atoms with van der Waals surface area (Å²) in [6.45, 7) is -0.448. The predicted molar refractivity (Wildman–Crippen MR) is 116 cm³/mol. The van der Waals surface area contributed by atoms with Crippen molar-refractivity contribution in [1.82, 2.24) is 9.88 Å². The standard InChI is InChI=1S/C23H16F9N3O2S/c24-15-4-13(3-14(18(15)25)22(27,28)29)21(23(30,31)32)5-16(34-37-21)11-1-2-17(33-6-11)20(26)9-35(10-20)19(36)12-7-38-8-12/h1-4,6,12H,5,7-10H2. The minimum atomic E-state index is -5.48. The molecule has 15 heteroatoms. The van der Waals surface area contributed by atoms with Crippen LogP contribution in [0.3, 0.4) is 0 Å². The van der Waals surface area contributed by atoms with E-state index in [4.69, 9.17) is 0 Å². The molecule has 0 N–H and O–H groups in total. The minimum absolute atomic E-state index is 0.0172. The van der Waals surface area contributed by atoms with Crippen molar-refractivity contribution in [3.63, 3.8) is 0 Å². The van der Waals surface area contributed by atoms with Crippen molar-refractivity contribution in [3.05, 3.63) is 64.5 Å². The molecule has 0 saturated carbocycles. The molecular weight excluding hydrogens is 553 g/mol. The van der Waals surface area contributed by atoms with Crippen LogP contribution in [0.5, 0.6) is 0 Å². The summed E-state index contributed by atoms with van der Waals surface area (Å²) >= 11 is 1.61. The van der Waals surface area contributed by atoms with Crippen LogP contribution in [0.25, 0.3) is 0 Å². The molecule has 1 aromatic heterocycles. The van der Waals surface area contributed by atoms with Gasteiger partial charge in [-0.3, -0.25) is 9.78 Å². The highest BCUT2D eigenvalue weighted by Gasteiger charge is 2.63. The lowest BCUT2D eigenvalue weighted by Gasteiger charge is -2.46. The Morgan fingerprint density at radius 2 is 1.76 bits per heavy atom. The molecule has 4 heterocycles. The first-order valence-electron chi connectivity index (χ1n) is 11.1. The van der Waals surface area contributed by atoms with Crippen LogP contribution in [0, 0.1) is 17.6 Å². The number of aromatic nitrogens is 1. The van der Waals surface area contributed by atoms with Crippen molar-refractivity contribution in [1.29, 1.82) is 0 Å². The first kappa shape index (κ1) is 26.6. The molecule has 0 spiro atoms. The van der Waals surface area contributed by atoms with Gasteiger partial charge in [-0.05, 0) is 24.3 Å². The fraction of sp³-hybridized carbons (Fsp3) is 0.435. The maximum absolute atomic E-state index is 15.2. The van der Waals surface area contributed by atoms with Crippen LogP contribution in [0.2, 0.25) is 0 Å². The molecule has 2 aromatic rings. The van der Waals surface area contributed by atoms with Gasteiger partial charge in [0.05, 0.1) is 42.4 Å². The van der Waals surface area contributed by atoms with Gasteiger partial charge >= 0.3 is 12.4 Å². The van der Waals surface area contributed by atoms with Crippen molar-refractivity contribution < 1.29 is 49.1 Å². The summed E-state index contributed by atoms with van der Waals surface area (Å²) in [6, 6.07) is 2.23. The lowest BCUT2D eigenvalue weighted by atomic mass is 9.85. The Kier molecular flexibility index (Phi) is 6.15. The van der Waals surface area contributed by atoms with Crippen LogP contribution in [-0.4, -0.2) is 52.3 Å². The van der Waals surface area contributed by atoms with Gasteiger partial charge in [-0.25, -0.2) is 13.2 Å². The Bertz CT molecular complexity index is 1300. The summed E-state index contributed by atoms with van der Waals surface area (Å²) in [7, 11) is 0. The molecule has 0 bridgehead atoms. The maximum atomic E-state index is 15.2. The number of rotatable bonds is 4. The highest BCUT2D eigenvalue weighted by atomic mass is 32.2. The van der Waals surface area contributed by atoms with Crippen LogP contribution in [0.1, 0.15) is 28.8 Å². The third kappa shape index (κ3) is 4.28. The molecule has 1 aromatic carbocycles. The van der Waals surface area contributed by atoms with E-state index in [1.165, 1.54) is 17.0 Å². The molecule has 1 unspecified atom stereocenters. The predicted octanol–water partition coefficient (Wildman–Crippen LogP) is 5.33. The molecule has 2 saturated heterocycles. The lowest BCUT2D eigenvalue weighted by molar-refractivity contribution is -0.276. The molecule has 3 aliphatic heterocycles. The highest BCUT2D eigenvalue weighted by Crippen LogP contribution is 2.50. The summed E-state index contributed by atoms with van der Waals surface area (Å²) < 4.78 is 125. The van der Waals surface area contributed by atoms with E-state index in [9.17, 15) is 39.9 Å². The Hall–Kier alpha value is -2.97. The zero-order chi connectivity index (χ0) is 27.7. The quantitative estimate of drug-likeness (QED) is 0.468. The van der Waals surface area contributed by atoms with Crippen LogP contribution >= 0.6 is 11.8 Å². The molecule has 2 fully saturated rings. The monoisotopic (exact) mass is 569 g/mol. The first-order valence-corrected chi connectivity index (χ1v) is 12.2. The van der Waals surface area contributed by atoms with Gasteiger partial charge in [0.25, 0.3) is 5.60 Å². The molecule has 204 valence electrons. The average Bonchev–Trinajstić information content (AvgIpc) is 3.24. The molecule has 3 aliphatic rings. The van der Waals surface area contributed by atoms with Gasteiger partial charge in [-0.2, -0.15) is 38.1 Å². The highest BCUT2D eigenvalue weighted by molar-refractivity contribution is 8.00. The number of nitrogens with zero attached hydrogens (tertiary/aromatic N) is 3. The number of pyridine rings is 1. The topological polar surface area (TPSA) is 54.8 Å². The normalized spacial score (nSPS) is 23.4. The number of likely N-dealkylation sites (tertiary alicyclic amines) is 1. The van der Waals surface area contributed by atoms with E-state index < -0.39 is 58.5 Å². The smallest absolute Gasteiger partial charge is 0.374 e. The lowest BCUT2D eigenvalue weighted by Crippen LogP contribution is -2.61. The van der Waals surface area contributed by atoms with Gasteiger partial charge in [0.15, 0.2) is 17.3 Å². The third-order valence-electron chi connectivity index (χ3n) is 6.72. The van der Waals surface area contributed by atoms with Crippen molar-refractivity contribution in [2.45, 2.75) is 30.0 Å². The number of alkyl halides is 7. The van der Waals surface area contributed by atoms with Gasteiger partial charge in [-0.1, -0.05) is 5.16 Å². The molecular formula is C23H16F9N3O2S. The van der Waals surface area contributed by atoms with E-state index in [0.717, 1.165) is 6.20 Å². The summed E-state index contributed by atoms with van der Waals surface area (Å²) in [4.78, 5) is 22.1. The number of hydrogen-bond donors (Lipinski definition) is 0. The fourth-order valence-electron chi connectivity index (χ4n) is 4.43. The number of amides is 1. The second-order valence-electron chi connectivity index (χ2n) is 9.27. The van der Waals surface area contributed by atoms with E-state index in [1.807, 2.05) is 0 Å². The number of carbonyl (C=O) groups is 1. The van der Waals surface area contributed by atoms with Gasteiger partial charge in [-0.15, -0.1) is 0 Å². The van der Waals surface area contributed by atoms with E-state index in [-0.39, 0.29) is 48.3 Å². The number of thioether (sulfide) groups is 1. The second kappa shape index (κ2) is 8.78. The van der Waals surface area contributed by atoms with Crippen LogP contribution in [-0.2, 0) is 27.1 Å². The Balaban J connectivity index is 1.37. The average molecular weight is 569 g/mol. The Labute approximate surface area is 213 Å². The maximum Gasteiger partial charge on any atom is 0.435 e. The van der Waals surface area contributed by atoms with Gasteiger partial charge < -0.3 is 9.74 Å². The molecule has 1 amide bonds.